The lowest BCUT2D eigenvalue weighted by atomic mass is 10.1. The van der Waals surface area contributed by atoms with Crippen molar-refractivity contribution >= 4 is 0 Å². The fourth-order valence-corrected chi connectivity index (χ4v) is 1.47. The summed E-state index contributed by atoms with van der Waals surface area (Å²) >= 11 is 0. The predicted molar refractivity (Wildman–Crippen MR) is 100 cm³/mol. The van der Waals surface area contributed by atoms with Crippen molar-refractivity contribution in [2.24, 2.45) is 0 Å². The van der Waals surface area contributed by atoms with E-state index in [1.807, 2.05) is 0 Å². The molecule has 0 saturated heterocycles. The van der Waals surface area contributed by atoms with Crippen molar-refractivity contribution in [2.45, 2.75) is 27.7 Å². The van der Waals surface area contributed by atoms with Crippen LogP contribution in [0.2, 0.25) is 0 Å². The zero-order valence-electron chi connectivity index (χ0n) is 15.2. The van der Waals surface area contributed by atoms with Crippen LogP contribution in [0, 0.1) is 27.7 Å². The van der Waals surface area contributed by atoms with E-state index in [2.05, 4.69) is 76.2 Å². The summed E-state index contributed by atoms with van der Waals surface area (Å²) < 4.78 is 0. The molecule has 2 aromatic rings. The Balaban J connectivity index is 0. The van der Waals surface area contributed by atoms with Crippen molar-refractivity contribution in [3.05, 3.63) is 70.8 Å². The molecule has 0 atom stereocenters. The third-order valence-electron chi connectivity index (χ3n) is 2.80. The second kappa shape index (κ2) is 17.6. The van der Waals surface area contributed by atoms with Gasteiger partial charge in [-0.3, -0.25) is 0 Å². The molecule has 0 heterocycles. The molecule has 0 bridgehead atoms. The van der Waals surface area contributed by atoms with Crippen molar-refractivity contribution in [3.8, 4) is 0 Å². The number of rotatable bonds is 2. The van der Waals surface area contributed by atoms with Crippen LogP contribution in [0.25, 0.3) is 0 Å². The monoisotopic (exact) mass is 336 g/mol. The SMILES string of the molecule is Cc1cccc(C)c1.Cc1ccccc1C.OCCO.OCCO. The normalized spacial score (nSPS) is 8.67. The van der Waals surface area contributed by atoms with Gasteiger partial charge >= 0.3 is 0 Å². The molecule has 2 rings (SSSR count). The maximum Gasteiger partial charge on any atom is 0.0662 e. The van der Waals surface area contributed by atoms with Gasteiger partial charge in [-0.15, -0.1) is 0 Å². The summed E-state index contributed by atoms with van der Waals surface area (Å²) in [6.45, 7) is 7.95. The molecular formula is C20H32O4. The highest BCUT2D eigenvalue weighted by Gasteiger charge is 1.84. The van der Waals surface area contributed by atoms with Crippen LogP contribution >= 0.6 is 0 Å². The number of aryl methyl sites for hydroxylation is 4. The van der Waals surface area contributed by atoms with Crippen molar-refractivity contribution in [1.82, 2.24) is 0 Å². The summed E-state index contributed by atoms with van der Waals surface area (Å²) in [6, 6.07) is 16.8. The van der Waals surface area contributed by atoms with E-state index in [1.54, 1.807) is 0 Å². The minimum absolute atomic E-state index is 0.125. The average molecular weight is 336 g/mol. The molecular weight excluding hydrogens is 304 g/mol. The highest BCUT2D eigenvalue weighted by Crippen LogP contribution is 2.02. The number of hydrogen-bond donors (Lipinski definition) is 4. The minimum Gasteiger partial charge on any atom is -0.394 e. The van der Waals surface area contributed by atoms with Gasteiger partial charge in [0.2, 0.25) is 0 Å². The molecule has 136 valence electrons. The summed E-state index contributed by atoms with van der Waals surface area (Å²) in [5, 5.41) is 30.5. The molecule has 4 heteroatoms. The average Bonchev–Trinajstić information content (AvgIpc) is 2.58. The zero-order chi connectivity index (χ0) is 18.8. The van der Waals surface area contributed by atoms with E-state index in [0.29, 0.717) is 0 Å². The molecule has 24 heavy (non-hydrogen) atoms. The fraction of sp³-hybridized carbons (Fsp3) is 0.400. The Labute approximate surface area is 146 Å². The van der Waals surface area contributed by atoms with Gasteiger partial charge in [-0.2, -0.15) is 0 Å². The van der Waals surface area contributed by atoms with Crippen LogP contribution in [0.3, 0.4) is 0 Å². The van der Waals surface area contributed by atoms with Gasteiger partial charge < -0.3 is 20.4 Å². The Bertz CT molecular complexity index is 466. The molecule has 4 N–H and O–H groups in total. The van der Waals surface area contributed by atoms with Crippen LogP contribution in [0.4, 0.5) is 0 Å². The molecule has 0 aliphatic rings. The largest absolute Gasteiger partial charge is 0.394 e. The smallest absolute Gasteiger partial charge is 0.0662 e. The molecule has 0 saturated carbocycles. The first-order valence-electron chi connectivity index (χ1n) is 7.91. The van der Waals surface area contributed by atoms with E-state index in [1.165, 1.54) is 22.3 Å². The van der Waals surface area contributed by atoms with Crippen molar-refractivity contribution in [1.29, 1.82) is 0 Å². The molecule has 0 amide bonds. The molecule has 0 unspecified atom stereocenters. The standard InChI is InChI=1S/2C8H10.2C2H6O2/c1-7-4-3-5-8(2)6-7;1-7-5-3-4-6-8(7)2;2*3-1-2-4/h2*3-6H,1-2H3;2*3-4H,1-2H2. The summed E-state index contributed by atoms with van der Waals surface area (Å²) in [5.41, 5.74) is 5.41. The van der Waals surface area contributed by atoms with E-state index < -0.39 is 0 Å². The number of hydrogen-bond acceptors (Lipinski definition) is 4. The van der Waals surface area contributed by atoms with E-state index in [9.17, 15) is 0 Å². The van der Waals surface area contributed by atoms with Gasteiger partial charge in [-0.05, 0) is 38.8 Å². The van der Waals surface area contributed by atoms with E-state index >= 15 is 0 Å². The number of aliphatic hydroxyl groups excluding tert-OH is 4. The Morgan fingerprint density at radius 1 is 0.542 bits per heavy atom. The van der Waals surface area contributed by atoms with Gasteiger partial charge in [0.15, 0.2) is 0 Å². The van der Waals surface area contributed by atoms with Gasteiger partial charge in [-0.1, -0.05) is 59.7 Å². The second-order valence-corrected chi connectivity index (χ2v) is 5.14. The number of benzene rings is 2. The van der Waals surface area contributed by atoms with Crippen LogP contribution in [-0.2, 0) is 0 Å². The summed E-state index contributed by atoms with van der Waals surface area (Å²) in [6.07, 6.45) is 0. The third kappa shape index (κ3) is 16.6. The first-order chi connectivity index (χ1) is 11.4. The highest BCUT2D eigenvalue weighted by atomic mass is 16.3. The Kier molecular flexibility index (Phi) is 18.0. The maximum absolute atomic E-state index is 7.62. The van der Waals surface area contributed by atoms with E-state index in [4.69, 9.17) is 20.4 Å². The molecule has 0 aliphatic carbocycles. The lowest BCUT2D eigenvalue weighted by Crippen LogP contribution is -1.85. The lowest BCUT2D eigenvalue weighted by Gasteiger charge is -1.93. The molecule has 4 nitrogen and oxygen atoms in total. The van der Waals surface area contributed by atoms with Crippen LogP contribution < -0.4 is 0 Å². The van der Waals surface area contributed by atoms with E-state index in [0.717, 1.165) is 0 Å². The summed E-state index contributed by atoms with van der Waals surface area (Å²) in [4.78, 5) is 0. The maximum atomic E-state index is 7.62. The Morgan fingerprint density at radius 2 is 0.875 bits per heavy atom. The zero-order valence-corrected chi connectivity index (χ0v) is 15.2. The molecule has 0 spiro atoms. The van der Waals surface area contributed by atoms with Gasteiger partial charge in [0, 0.05) is 0 Å². The van der Waals surface area contributed by atoms with Crippen molar-refractivity contribution < 1.29 is 20.4 Å². The summed E-state index contributed by atoms with van der Waals surface area (Å²) in [5.74, 6) is 0. The van der Waals surface area contributed by atoms with Gasteiger partial charge in [-0.25, -0.2) is 0 Å². The van der Waals surface area contributed by atoms with Crippen molar-refractivity contribution in [3.63, 3.8) is 0 Å². The van der Waals surface area contributed by atoms with Crippen molar-refractivity contribution in [2.75, 3.05) is 26.4 Å². The van der Waals surface area contributed by atoms with Crippen LogP contribution in [0.5, 0.6) is 0 Å². The highest BCUT2D eigenvalue weighted by molar-refractivity contribution is 5.23. The van der Waals surface area contributed by atoms with Gasteiger partial charge in [0.25, 0.3) is 0 Å². The Morgan fingerprint density at radius 3 is 1.04 bits per heavy atom. The van der Waals surface area contributed by atoms with Crippen LogP contribution in [-0.4, -0.2) is 46.9 Å². The minimum atomic E-state index is -0.125. The lowest BCUT2D eigenvalue weighted by molar-refractivity contribution is 0.186. The first kappa shape index (κ1) is 24.5. The quantitative estimate of drug-likeness (QED) is 0.679. The fourth-order valence-electron chi connectivity index (χ4n) is 1.47. The molecule has 0 aliphatic heterocycles. The topological polar surface area (TPSA) is 80.9 Å². The number of aliphatic hydroxyl groups is 4. The Hall–Kier alpha value is -1.72. The molecule has 0 radical (unpaired) electrons. The van der Waals surface area contributed by atoms with E-state index in [-0.39, 0.29) is 26.4 Å². The molecule has 2 aromatic carbocycles. The second-order valence-electron chi connectivity index (χ2n) is 5.14. The predicted octanol–water partition coefficient (Wildman–Crippen LogP) is 2.55. The van der Waals surface area contributed by atoms with Crippen LogP contribution in [0.1, 0.15) is 22.3 Å². The molecule has 0 fully saturated rings. The van der Waals surface area contributed by atoms with Gasteiger partial charge in [0.05, 0.1) is 26.4 Å². The van der Waals surface area contributed by atoms with Crippen LogP contribution in [0.15, 0.2) is 48.5 Å². The third-order valence-corrected chi connectivity index (χ3v) is 2.80. The molecule has 0 aromatic heterocycles. The van der Waals surface area contributed by atoms with Gasteiger partial charge in [0.1, 0.15) is 0 Å². The summed E-state index contributed by atoms with van der Waals surface area (Å²) in [7, 11) is 0. The first-order valence-corrected chi connectivity index (χ1v) is 7.91.